The Morgan fingerprint density at radius 2 is 1.53 bits per heavy atom. The van der Waals surface area contributed by atoms with Gasteiger partial charge in [0.2, 0.25) is 0 Å². The predicted octanol–water partition coefficient (Wildman–Crippen LogP) is 4.46. The number of amides is 1. The molecule has 0 N–H and O–H groups in total. The molecule has 3 rings (SSSR count). The summed E-state index contributed by atoms with van der Waals surface area (Å²) >= 11 is 0. The summed E-state index contributed by atoms with van der Waals surface area (Å²) in [6.45, 7) is 5.05. The molecule has 0 radical (unpaired) electrons. The molecule has 0 atom stereocenters. The molecule has 1 heterocycles. The van der Waals surface area contributed by atoms with Crippen molar-refractivity contribution in [2.45, 2.75) is 13.8 Å². The number of hydrogen-bond donors (Lipinski definition) is 0. The summed E-state index contributed by atoms with van der Waals surface area (Å²) in [5.41, 5.74) is 0.113. The third-order valence-corrected chi connectivity index (χ3v) is 4.55. The molecule has 0 saturated heterocycles. The van der Waals surface area contributed by atoms with Crippen molar-refractivity contribution in [3.8, 4) is 29.1 Å². The third-order valence-electron chi connectivity index (χ3n) is 4.55. The summed E-state index contributed by atoms with van der Waals surface area (Å²) in [7, 11) is 1.53. The molecule has 0 spiro atoms. The van der Waals surface area contributed by atoms with Crippen molar-refractivity contribution in [2.75, 3.05) is 20.2 Å². The van der Waals surface area contributed by atoms with Gasteiger partial charge in [0.15, 0.2) is 0 Å². The fourth-order valence-electron chi connectivity index (χ4n) is 2.81. The first-order valence-electron chi connectivity index (χ1n) is 9.85. The number of rotatable bonds is 9. The minimum Gasteiger partial charge on any atom is -0.497 e. The highest BCUT2D eigenvalue weighted by atomic mass is 16.6. The van der Waals surface area contributed by atoms with Gasteiger partial charge in [-0.05, 0) is 62.4 Å². The van der Waals surface area contributed by atoms with Crippen LogP contribution < -0.4 is 14.2 Å². The number of aromatic nitrogens is 2. The van der Waals surface area contributed by atoms with Crippen molar-refractivity contribution < 1.29 is 23.9 Å². The molecule has 0 fully saturated rings. The van der Waals surface area contributed by atoms with Crippen LogP contribution in [0.5, 0.6) is 29.1 Å². The standard InChI is InChI=1S/C22H22N4O6/c1-4-25(5-2)21(27)15-6-8-18(9-7-15)32-22-23-14-19(26(28)29)20(24-22)31-17-12-10-16(30-3)11-13-17/h6-14H,4-5H2,1-3H3. The van der Waals surface area contributed by atoms with Crippen LogP contribution in [0.3, 0.4) is 0 Å². The molecule has 0 bridgehead atoms. The smallest absolute Gasteiger partial charge is 0.349 e. The van der Waals surface area contributed by atoms with E-state index >= 15 is 0 Å². The maximum absolute atomic E-state index is 12.4. The zero-order chi connectivity index (χ0) is 23.1. The maximum atomic E-state index is 12.4. The lowest BCUT2D eigenvalue weighted by Crippen LogP contribution is -2.30. The number of hydrogen-bond acceptors (Lipinski definition) is 8. The maximum Gasteiger partial charge on any atom is 0.349 e. The van der Waals surface area contributed by atoms with Gasteiger partial charge >= 0.3 is 17.6 Å². The number of carbonyl (C=O) groups is 1. The van der Waals surface area contributed by atoms with Crippen LogP contribution in [-0.4, -0.2) is 45.9 Å². The fourth-order valence-corrected chi connectivity index (χ4v) is 2.81. The van der Waals surface area contributed by atoms with Crippen molar-refractivity contribution >= 4 is 11.6 Å². The highest BCUT2D eigenvalue weighted by Crippen LogP contribution is 2.32. The van der Waals surface area contributed by atoms with E-state index in [2.05, 4.69) is 9.97 Å². The van der Waals surface area contributed by atoms with Gasteiger partial charge in [0.1, 0.15) is 23.4 Å². The Kier molecular flexibility index (Phi) is 7.17. The molecule has 0 aliphatic rings. The Morgan fingerprint density at radius 1 is 0.969 bits per heavy atom. The van der Waals surface area contributed by atoms with E-state index in [-0.39, 0.29) is 17.8 Å². The largest absolute Gasteiger partial charge is 0.497 e. The number of methoxy groups -OCH3 is 1. The van der Waals surface area contributed by atoms with Gasteiger partial charge in [0.05, 0.1) is 12.0 Å². The van der Waals surface area contributed by atoms with Crippen molar-refractivity contribution in [1.29, 1.82) is 0 Å². The average molecular weight is 438 g/mol. The first kappa shape index (κ1) is 22.5. The van der Waals surface area contributed by atoms with Crippen LogP contribution in [0.15, 0.2) is 54.7 Å². The topological polar surface area (TPSA) is 117 Å². The number of benzene rings is 2. The van der Waals surface area contributed by atoms with Crippen LogP contribution >= 0.6 is 0 Å². The molecule has 10 nitrogen and oxygen atoms in total. The molecule has 166 valence electrons. The quantitative estimate of drug-likeness (QED) is 0.355. The number of ether oxygens (including phenoxy) is 3. The minimum atomic E-state index is -0.643. The third kappa shape index (κ3) is 5.28. The lowest BCUT2D eigenvalue weighted by Gasteiger charge is -2.18. The second-order valence-electron chi connectivity index (χ2n) is 6.48. The zero-order valence-electron chi connectivity index (χ0n) is 17.8. The highest BCUT2D eigenvalue weighted by molar-refractivity contribution is 5.94. The molecule has 1 amide bonds. The summed E-state index contributed by atoms with van der Waals surface area (Å²) in [4.78, 5) is 32.7. The SMILES string of the molecule is CCN(CC)C(=O)c1ccc(Oc2ncc([N+](=O)[O-])c(Oc3ccc(OC)cc3)n2)cc1. The fraction of sp³-hybridized carbons (Fsp3) is 0.227. The summed E-state index contributed by atoms with van der Waals surface area (Å²) in [6.07, 6.45) is 1.01. The monoisotopic (exact) mass is 438 g/mol. The second kappa shape index (κ2) is 10.2. The van der Waals surface area contributed by atoms with Crippen LogP contribution in [0.4, 0.5) is 5.69 Å². The Hall–Kier alpha value is -4.21. The van der Waals surface area contributed by atoms with E-state index in [1.165, 1.54) is 7.11 Å². The Labute approximate surface area is 184 Å². The molecule has 10 heteroatoms. The van der Waals surface area contributed by atoms with Gasteiger partial charge in [-0.3, -0.25) is 14.9 Å². The first-order valence-corrected chi connectivity index (χ1v) is 9.85. The lowest BCUT2D eigenvalue weighted by atomic mass is 10.2. The second-order valence-corrected chi connectivity index (χ2v) is 6.48. The summed E-state index contributed by atoms with van der Waals surface area (Å²) in [5.74, 6) is 0.964. The molecule has 0 unspecified atom stereocenters. The van der Waals surface area contributed by atoms with Gasteiger partial charge in [-0.1, -0.05) is 0 Å². The van der Waals surface area contributed by atoms with Crippen LogP contribution in [0.25, 0.3) is 0 Å². The molecule has 3 aromatic rings. The predicted molar refractivity (Wildman–Crippen MR) is 116 cm³/mol. The van der Waals surface area contributed by atoms with Crippen LogP contribution in [0, 0.1) is 10.1 Å². The van der Waals surface area contributed by atoms with E-state index in [4.69, 9.17) is 14.2 Å². The molecule has 2 aromatic carbocycles. The van der Waals surface area contributed by atoms with E-state index in [9.17, 15) is 14.9 Å². The summed E-state index contributed by atoms with van der Waals surface area (Å²) in [6, 6.07) is 12.8. The molecule has 1 aromatic heterocycles. The van der Waals surface area contributed by atoms with Gasteiger partial charge in [-0.15, -0.1) is 0 Å². The number of nitrogens with zero attached hydrogens (tertiary/aromatic N) is 4. The van der Waals surface area contributed by atoms with Gasteiger partial charge < -0.3 is 19.1 Å². The first-order chi connectivity index (χ1) is 15.4. The molecular formula is C22H22N4O6. The summed E-state index contributed by atoms with van der Waals surface area (Å²) in [5, 5.41) is 11.3. The Morgan fingerprint density at radius 3 is 2.09 bits per heavy atom. The molecule has 0 aliphatic carbocycles. The summed E-state index contributed by atoms with van der Waals surface area (Å²) < 4.78 is 16.3. The average Bonchev–Trinajstić information content (AvgIpc) is 2.81. The van der Waals surface area contributed by atoms with Crippen LogP contribution in [-0.2, 0) is 0 Å². The van der Waals surface area contributed by atoms with Gasteiger partial charge in [0, 0.05) is 18.7 Å². The van der Waals surface area contributed by atoms with Gasteiger partial charge in [0.25, 0.3) is 5.91 Å². The van der Waals surface area contributed by atoms with Crippen LogP contribution in [0.1, 0.15) is 24.2 Å². The minimum absolute atomic E-state index is 0.0803. The van der Waals surface area contributed by atoms with E-state index in [0.29, 0.717) is 35.9 Å². The number of carbonyl (C=O) groups excluding carboxylic acids is 1. The van der Waals surface area contributed by atoms with Crippen molar-refractivity contribution in [1.82, 2.24) is 14.9 Å². The van der Waals surface area contributed by atoms with E-state index < -0.39 is 10.6 Å². The normalized spacial score (nSPS) is 10.3. The van der Waals surface area contributed by atoms with Gasteiger partial charge in [-0.2, -0.15) is 9.97 Å². The molecule has 0 aliphatic heterocycles. The Balaban J connectivity index is 1.80. The van der Waals surface area contributed by atoms with Crippen LogP contribution in [0.2, 0.25) is 0 Å². The Bertz CT molecular complexity index is 1080. The lowest BCUT2D eigenvalue weighted by molar-refractivity contribution is -0.386. The molecule has 0 saturated carbocycles. The van der Waals surface area contributed by atoms with Crippen molar-refractivity contribution in [3.05, 3.63) is 70.4 Å². The molecule has 32 heavy (non-hydrogen) atoms. The van der Waals surface area contributed by atoms with Crippen molar-refractivity contribution in [3.63, 3.8) is 0 Å². The van der Waals surface area contributed by atoms with E-state index in [0.717, 1.165) is 6.20 Å². The highest BCUT2D eigenvalue weighted by Gasteiger charge is 2.21. The van der Waals surface area contributed by atoms with E-state index in [1.54, 1.807) is 53.4 Å². The molecular weight excluding hydrogens is 416 g/mol. The number of nitro groups is 1. The zero-order valence-corrected chi connectivity index (χ0v) is 17.8. The van der Waals surface area contributed by atoms with Crippen molar-refractivity contribution in [2.24, 2.45) is 0 Å². The van der Waals surface area contributed by atoms with E-state index in [1.807, 2.05) is 13.8 Å². The van der Waals surface area contributed by atoms with Gasteiger partial charge in [-0.25, -0.2) is 0 Å².